The van der Waals surface area contributed by atoms with Crippen molar-refractivity contribution in [1.29, 1.82) is 0 Å². The van der Waals surface area contributed by atoms with E-state index in [2.05, 4.69) is 14.8 Å². The highest BCUT2D eigenvalue weighted by atomic mass is 32.2. The molecule has 0 saturated carbocycles. The van der Waals surface area contributed by atoms with Gasteiger partial charge < -0.3 is 13.9 Å². The number of Topliss-reactive ketones (excluding diaryl/α,β-unsaturated/α-hetero) is 1. The number of ketones is 1. The van der Waals surface area contributed by atoms with Crippen LogP contribution in [0, 0.1) is 13.8 Å². The van der Waals surface area contributed by atoms with Gasteiger partial charge in [0.15, 0.2) is 10.9 Å². The molecule has 0 aliphatic heterocycles. The number of aryl methyl sites for hydroxylation is 2. The van der Waals surface area contributed by atoms with Crippen LogP contribution in [0.25, 0.3) is 0 Å². The molecule has 6 nitrogen and oxygen atoms in total. The van der Waals surface area contributed by atoms with E-state index in [1.54, 1.807) is 13.4 Å². The molecule has 0 aliphatic carbocycles. The third-order valence-corrected chi connectivity index (χ3v) is 4.64. The maximum Gasteiger partial charge on any atom is 0.191 e. The summed E-state index contributed by atoms with van der Waals surface area (Å²) < 4.78 is 9.08. The van der Waals surface area contributed by atoms with Crippen LogP contribution in [0.2, 0.25) is 0 Å². The van der Waals surface area contributed by atoms with Crippen molar-refractivity contribution in [3.8, 4) is 0 Å². The van der Waals surface area contributed by atoms with E-state index >= 15 is 0 Å². The molecule has 0 atom stereocenters. The van der Waals surface area contributed by atoms with Gasteiger partial charge in [0.25, 0.3) is 0 Å². The van der Waals surface area contributed by atoms with Gasteiger partial charge in [0, 0.05) is 44.3 Å². The number of hydrogen-bond donors (Lipinski definition) is 0. The molecule has 22 heavy (non-hydrogen) atoms. The Morgan fingerprint density at radius 1 is 1.41 bits per heavy atom. The topological polar surface area (TPSA) is 61.9 Å². The van der Waals surface area contributed by atoms with Crippen molar-refractivity contribution in [1.82, 2.24) is 19.3 Å². The molecule has 0 bridgehead atoms. The van der Waals surface area contributed by atoms with Gasteiger partial charge >= 0.3 is 0 Å². The number of carbonyl (C=O) groups excluding carboxylic acids is 1. The monoisotopic (exact) mass is 322 g/mol. The minimum atomic E-state index is 0.124. The molecule has 2 rings (SSSR count). The lowest BCUT2D eigenvalue weighted by Gasteiger charge is -2.09. The molecule has 0 radical (unpaired) electrons. The van der Waals surface area contributed by atoms with Crippen LogP contribution in [0.4, 0.5) is 0 Å². The summed E-state index contributed by atoms with van der Waals surface area (Å²) in [6.07, 6.45) is 2.57. The van der Waals surface area contributed by atoms with Gasteiger partial charge in [-0.1, -0.05) is 11.8 Å². The van der Waals surface area contributed by atoms with Crippen molar-refractivity contribution in [3.05, 3.63) is 29.3 Å². The molecule has 0 saturated heterocycles. The second-order valence-electron chi connectivity index (χ2n) is 5.22. The minimum Gasteiger partial charge on any atom is -0.385 e. The molecule has 120 valence electrons. The van der Waals surface area contributed by atoms with Gasteiger partial charge in [0.2, 0.25) is 0 Å². The molecular weight excluding hydrogens is 300 g/mol. The predicted octanol–water partition coefficient (Wildman–Crippen LogP) is 2.24. The van der Waals surface area contributed by atoms with Crippen LogP contribution in [0.1, 0.15) is 28.2 Å². The zero-order valence-electron chi connectivity index (χ0n) is 13.5. The summed E-state index contributed by atoms with van der Waals surface area (Å²) in [4.78, 5) is 12.5. The highest BCUT2D eigenvalue weighted by Gasteiger charge is 2.16. The third kappa shape index (κ3) is 3.78. The number of rotatable bonds is 8. The van der Waals surface area contributed by atoms with Crippen molar-refractivity contribution in [3.63, 3.8) is 0 Å². The zero-order valence-corrected chi connectivity index (χ0v) is 14.3. The summed E-state index contributed by atoms with van der Waals surface area (Å²) in [5, 5.41) is 8.55. The molecular formula is C15H22N4O2S. The molecule has 0 unspecified atom stereocenters. The van der Waals surface area contributed by atoms with Crippen molar-refractivity contribution < 1.29 is 9.53 Å². The lowest BCUT2D eigenvalue weighted by Crippen LogP contribution is -2.08. The summed E-state index contributed by atoms with van der Waals surface area (Å²) >= 11 is 1.41. The molecule has 0 fully saturated rings. The fraction of sp³-hybridized carbons (Fsp3) is 0.533. The van der Waals surface area contributed by atoms with Crippen molar-refractivity contribution in [2.75, 3.05) is 19.5 Å². The van der Waals surface area contributed by atoms with E-state index in [4.69, 9.17) is 4.74 Å². The molecule has 2 heterocycles. The maximum atomic E-state index is 12.5. The quantitative estimate of drug-likeness (QED) is 0.424. The van der Waals surface area contributed by atoms with E-state index in [-0.39, 0.29) is 5.78 Å². The Morgan fingerprint density at radius 2 is 2.18 bits per heavy atom. The number of methoxy groups -OCH3 is 1. The predicted molar refractivity (Wildman–Crippen MR) is 86.5 cm³/mol. The summed E-state index contributed by atoms with van der Waals surface area (Å²) in [5.74, 6) is 0.494. The van der Waals surface area contributed by atoms with E-state index in [0.29, 0.717) is 5.75 Å². The van der Waals surface area contributed by atoms with Crippen molar-refractivity contribution >= 4 is 17.5 Å². The minimum absolute atomic E-state index is 0.124. The van der Waals surface area contributed by atoms with E-state index in [1.807, 2.05) is 31.5 Å². The van der Waals surface area contributed by atoms with Crippen LogP contribution >= 0.6 is 11.8 Å². The molecule has 0 spiro atoms. The Labute approximate surface area is 134 Å². The number of aromatic nitrogens is 4. The van der Waals surface area contributed by atoms with Gasteiger partial charge in [-0.15, -0.1) is 10.2 Å². The Balaban J connectivity index is 2.03. The van der Waals surface area contributed by atoms with Crippen LogP contribution in [0.15, 0.2) is 17.6 Å². The number of thioether (sulfide) groups is 1. The fourth-order valence-corrected chi connectivity index (χ4v) is 3.18. The first-order valence-corrected chi connectivity index (χ1v) is 8.18. The summed E-state index contributed by atoms with van der Waals surface area (Å²) in [6.45, 7) is 5.63. The van der Waals surface area contributed by atoms with Gasteiger partial charge in [0.05, 0.1) is 5.75 Å². The SMILES string of the molecule is COCCCn1c(C)cc(C(=O)CSc2nncn2C)c1C. The van der Waals surface area contributed by atoms with Crippen LogP contribution in [-0.2, 0) is 18.3 Å². The first-order valence-electron chi connectivity index (χ1n) is 7.20. The van der Waals surface area contributed by atoms with E-state index in [9.17, 15) is 4.79 Å². The largest absolute Gasteiger partial charge is 0.385 e. The molecule has 0 aromatic carbocycles. The van der Waals surface area contributed by atoms with Crippen LogP contribution in [-0.4, -0.2) is 44.6 Å². The second kappa shape index (κ2) is 7.60. The molecule has 0 N–H and O–H groups in total. The number of carbonyl (C=O) groups is 1. The van der Waals surface area contributed by atoms with Gasteiger partial charge in [-0.25, -0.2) is 0 Å². The highest BCUT2D eigenvalue weighted by molar-refractivity contribution is 7.99. The molecule has 0 aliphatic rings. The van der Waals surface area contributed by atoms with Crippen LogP contribution < -0.4 is 0 Å². The van der Waals surface area contributed by atoms with Crippen molar-refractivity contribution in [2.24, 2.45) is 7.05 Å². The number of nitrogens with zero attached hydrogens (tertiary/aromatic N) is 4. The van der Waals surface area contributed by atoms with Crippen LogP contribution in [0.5, 0.6) is 0 Å². The normalized spacial score (nSPS) is 11.1. The first kappa shape index (κ1) is 16.8. The average molecular weight is 322 g/mol. The highest BCUT2D eigenvalue weighted by Crippen LogP contribution is 2.20. The van der Waals surface area contributed by atoms with Gasteiger partial charge in [-0.05, 0) is 26.3 Å². The zero-order chi connectivity index (χ0) is 16.1. The van der Waals surface area contributed by atoms with E-state index in [0.717, 1.165) is 41.7 Å². The molecule has 7 heteroatoms. The fourth-order valence-electron chi connectivity index (χ4n) is 2.41. The van der Waals surface area contributed by atoms with Gasteiger partial charge in [-0.3, -0.25) is 4.79 Å². The van der Waals surface area contributed by atoms with Crippen molar-refractivity contribution in [2.45, 2.75) is 32.0 Å². The van der Waals surface area contributed by atoms with E-state index in [1.165, 1.54) is 11.8 Å². The number of hydrogen-bond acceptors (Lipinski definition) is 5. The molecule has 2 aromatic rings. The van der Waals surface area contributed by atoms with Gasteiger partial charge in [0.1, 0.15) is 6.33 Å². The Bertz CT molecular complexity index is 648. The number of ether oxygens (including phenoxy) is 1. The van der Waals surface area contributed by atoms with E-state index < -0.39 is 0 Å². The lowest BCUT2D eigenvalue weighted by molar-refractivity contribution is 0.102. The smallest absolute Gasteiger partial charge is 0.191 e. The maximum absolute atomic E-state index is 12.5. The van der Waals surface area contributed by atoms with Crippen LogP contribution in [0.3, 0.4) is 0 Å². The Kier molecular flexibility index (Phi) is 5.79. The summed E-state index contributed by atoms with van der Waals surface area (Å²) in [7, 11) is 3.57. The average Bonchev–Trinajstić information content (AvgIpc) is 3.02. The standard InChI is InChI=1S/C15H22N4O2S/c1-11-8-13(12(2)19(11)6-5-7-21-4)14(20)9-22-15-17-16-10-18(15)3/h8,10H,5-7,9H2,1-4H3. The second-order valence-corrected chi connectivity index (χ2v) is 6.16. The lowest BCUT2D eigenvalue weighted by atomic mass is 10.2. The Morgan fingerprint density at radius 3 is 2.82 bits per heavy atom. The Hall–Kier alpha value is -1.60. The molecule has 0 amide bonds. The first-order chi connectivity index (χ1) is 10.5. The third-order valence-electron chi connectivity index (χ3n) is 3.61. The summed E-state index contributed by atoms with van der Waals surface area (Å²) in [5.41, 5.74) is 2.93. The summed E-state index contributed by atoms with van der Waals surface area (Å²) in [6, 6.07) is 1.97. The van der Waals surface area contributed by atoms with Gasteiger partial charge in [-0.2, -0.15) is 0 Å². The molecule has 2 aromatic heterocycles.